The average molecular weight is 266 g/mol. The number of aryl methyl sites for hydroxylation is 3. The van der Waals surface area contributed by atoms with E-state index in [0.717, 1.165) is 24.0 Å². The van der Waals surface area contributed by atoms with E-state index in [2.05, 4.69) is 51.1 Å². The van der Waals surface area contributed by atoms with Crippen LogP contribution in [-0.4, -0.2) is 5.78 Å². The fourth-order valence-electron chi connectivity index (χ4n) is 2.60. The SMILES string of the molecule is CCCc1ccc(C(=O)Cc2cc(C)cc(C)c2)cc1. The molecule has 0 aliphatic heterocycles. The molecule has 0 heterocycles. The number of Topliss-reactive ketones (excluding diaryl/α,β-unsaturated/α-hetero) is 1. The third-order valence-corrected chi connectivity index (χ3v) is 3.46. The van der Waals surface area contributed by atoms with Gasteiger partial charge in [-0.2, -0.15) is 0 Å². The Hall–Kier alpha value is -1.89. The Kier molecular flexibility index (Phi) is 4.73. The molecule has 0 bridgehead atoms. The molecule has 0 saturated heterocycles. The highest BCUT2D eigenvalue weighted by molar-refractivity contribution is 5.97. The van der Waals surface area contributed by atoms with Crippen molar-refractivity contribution in [3.05, 3.63) is 70.3 Å². The van der Waals surface area contributed by atoms with Crippen molar-refractivity contribution in [2.45, 2.75) is 40.0 Å². The summed E-state index contributed by atoms with van der Waals surface area (Å²) < 4.78 is 0. The van der Waals surface area contributed by atoms with Crippen LogP contribution in [0.2, 0.25) is 0 Å². The zero-order chi connectivity index (χ0) is 14.5. The predicted molar refractivity (Wildman–Crippen MR) is 84.4 cm³/mol. The summed E-state index contributed by atoms with van der Waals surface area (Å²) >= 11 is 0. The van der Waals surface area contributed by atoms with Crippen LogP contribution in [0.25, 0.3) is 0 Å². The summed E-state index contributed by atoms with van der Waals surface area (Å²) in [4.78, 5) is 12.3. The van der Waals surface area contributed by atoms with E-state index in [9.17, 15) is 4.79 Å². The lowest BCUT2D eigenvalue weighted by molar-refractivity contribution is 0.0993. The van der Waals surface area contributed by atoms with Gasteiger partial charge in [-0.3, -0.25) is 4.79 Å². The highest BCUT2D eigenvalue weighted by Crippen LogP contribution is 2.13. The number of hydrogen-bond donors (Lipinski definition) is 0. The van der Waals surface area contributed by atoms with Gasteiger partial charge in [0.25, 0.3) is 0 Å². The van der Waals surface area contributed by atoms with Gasteiger partial charge in [0.2, 0.25) is 0 Å². The summed E-state index contributed by atoms with van der Waals surface area (Å²) in [5.74, 6) is 0.193. The summed E-state index contributed by atoms with van der Waals surface area (Å²) in [5, 5.41) is 0. The Morgan fingerprint density at radius 1 is 0.900 bits per heavy atom. The average Bonchev–Trinajstić information content (AvgIpc) is 2.38. The van der Waals surface area contributed by atoms with Crippen LogP contribution in [0.15, 0.2) is 42.5 Å². The maximum Gasteiger partial charge on any atom is 0.167 e. The zero-order valence-corrected chi connectivity index (χ0v) is 12.6. The number of carbonyl (C=O) groups is 1. The summed E-state index contributed by atoms with van der Waals surface area (Å²) in [6, 6.07) is 14.4. The second kappa shape index (κ2) is 6.51. The van der Waals surface area contributed by atoms with Gasteiger partial charge in [-0.05, 0) is 31.4 Å². The third kappa shape index (κ3) is 3.80. The number of rotatable bonds is 5. The first-order chi connectivity index (χ1) is 9.58. The van der Waals surface area contributed by atoms with Gasteiger partial charge in [-0.15, -0.1) is 0 Å². The molecule has 0 aliphatic carbocycles. The fraction of sp³-hybridized carbons (Fsp3) is 0.316. The molecule has 0 atom stereocenters. The van der Waals surface area contributed by atoms with E-state index < -0.39 is 0 Å². The van der Waals surface area contributed by atoms with E-state index in [0.29, 0.717) is 6.42 Å². The molecule has 0 fully saturated rings. The molecule has 0 aromatic heterocycles. The standard InChI is InChI=1S/C19H22O/c1-4-5-16-6-8-18(9-7-16)19(20)13-17-11-14(2)10-15(3)12-17/h6-12H,4-5,13H2,1-3H3. The second-order valence-electron chi connectivity index (χ2n) is 5.54. The Balaban J connectivity index is 2.11. The maximum atomic E-state index is 12.3. The molecule has 0 spiro atoms. The Bertz CT molecular complexity index is 573. The molecular formula is C19H22O. The minimum Gasteiger partial charge on any atom is -0.294 e. The van der Waals surface area contributed by atoms with E-state index in [4.69, 9.17) is 0 Å². The van der Waals surface area contributed by atoms with Crippen LogP contribution in [0.3, 0.4) is 0 Å². The van der Waals surface area contributed by atoms with Crippen molar-refractivity contribution in [1.29, 1.82) is 0 Å². The maximum absolute atomic E-state index is 12.3. The highest BCUT2D eigenvalue weighted by Gasteiger charge is 2.07. The minimum atomic E-state index is 0.193. The second-order valence-corrected chi connectivity index (χ2v) is 5.54. The lowest BCUT2D eigenvalue weighted by Gasteiger charge is -2.06. The monoisotopic (exact) mass is 266 g/mol. The van der Waals surface area contributed by atoms with Gasteiger partial charge in [0.15, 0.2) is 5.78 Å². The number of hydrogen-bond acceptors (Lipinski definition) is 1. The molecule has 2 rings (SSSR count). The van der Waals surface area contributed by atoms with Crippen molar-refractivity contribution in [3.63, 3.8) is 0 Å². The van der Waals surface area contributed by atoms with E-state index in [1.54, 1.807) is 0 Å². The van der Waals surface area contributed by atoms with Crippen LogP contribution in [0.5, 0.6) is 0 Å². The van der Waals surface area contributed by atoms with Crippen molar-refractivity contribution in [2.75, 3.05) is 0 Å². The van der Waals surface area contributed by atoms with Gasteiger partial charge < -0.3 is 0 Å². The molecule has 2 aromatic carbocycles. The quantitative estimate of drug-likeness (QED) is 0.718. The Morgan fingerprint density at radius 3 is 2.05 bits per heavy atom. The predicted octanol–water partition coefficient (Wildman–Crippen LogP) is 4.68. The molecule has 104 valence electrons. The van der Waals surface area contributed by atoms with Crippen LogP contribution in [0.4, 0.5) is 0 Å². The molecule has 2 aromatic rings. The van der Waals surface area contributed by atoms with Gasteiger partial charge in [0.1, 0.15) is 0 Å². The molecular weight excluding hydrogens is 244 g/mol. The highest BCUT2D eigenvalue weighted by atomic mass is 16.1. The molecule has 0 saturated carbocycles. The minimum absolute atomic E-state index is 0.193. The van der Waals surface area contributed by atoms with Crippen molar-refractivity contribution in [3.8, 4) is 0 Å². The van der Waals surface area contributed by atoms with Gasteiger partial charge in [0, 0.05) is 12.0 Å². The molecule has 0 aliphatic rings. The van der Waals surface area contributed by atoms with Gasteiger partial charge in [-0.25, -0.2) is 0 Å². The fourth-order valence-corrected chi connectivity index (χ4v) is 2.60. The summed E-state index contributed by atoms with van der Waals surface area (Å²) in [7, 11) is 0. The van der Waals surface area contributed by atoms with E-state index in [-0.39, 0.29) is 5.78 Å². The van der Waals surface area contributed by atoms with Crippen LogP contribution in [0.1, 0.15) is 46.0 Å². The molecule has 0 radical (unpaired) electrons. The molecule has 1 nitrogen and oxygen atoms in total. The van der Waals surface area contributed by atoms with Gasteiger partial charge >= 0.3 is 0 Å². The summed E-state index contributed by atoms with van der Waals surface area (Å²) in [6.07, 6.45) is 2.69. The van der Waals surface area contributed by atoms with E-state index >= 15 is 0 Å². The lowest BCUT2D eigenvalue weighted by atomic mass is 9.98. The summed E-state index contributed by atoms with van der Waals surface area (Å²) in [6.45, 7) is 6.31. The van der Waals surface area contributed by atoms with E-state index in [1.807, 2.05) is 12.1 Å². The van der Waals surface area contributed by atoms with E-state index in [1.165, 1.54) is 16.7 Å². The van der Waals surface area contributed by atoms with Crippen molar-refractivity contribution in [2.24, 2.45) is 0 Å². The van der Waals surface area contributed by atoms with Crippen LogP contribution in [0, 0.1) is 13.8 Å². The largest absolute Gasteiger partial charge is 0.294 e. The normalized spacial score (nSPS) is 10.6. The molecule has 1 heteroatoms. The first kappa shape index (κ1) is 14.5. The molecule has 0 amide bonds. The first-order valence-electron chi connectivity index (χ1n) is 7.28. The van der Waals surface area contributed by atoms with Crippen LogP contribution >= 0.6 is 0 Å². The summed E-state index contributed by atoms with van der Waals surface area (Å²) in [5.41, 5.74) is 5.64. The number of ketones is 1. The zero-order valence-electron chi connectivity index (χ0n) is 12.6. The van der Waals surface area contributed by atoms with Crippen molar-refractivity contribution < 1.29 is 4.79 Å². The number of carbonyl (C=O) groups excluding carboxylic acids is 1. The first-order valence-corrected chi connectivity index (χ1v) is 7.28. The topological polar surface area (TPSA) is 17.1 Å². The third-order valence-electron chi connectivity index (χ3n) is 3.46. The Labute approximate surface area is 121 Å². The van der Waals surface area contributed by atoms with Crippen molar-refractivity contribution in [1.82, 2.24) is 0 Å². The smallest absolute Gasteiger partial charge is 0.167 e. The molecule has 0 N–H and O–H groups in total. The van der Waals surface area contributed by atoms with Crippen LogP contribution < -0.4 is 0 Å². The Morgan fingerprint density at radius 2 is 1.50 bits per heavy atom. The number of benzene rings is 2. The molecule has 0 unspecified atom stereocenters. The van der Waals surface area contributed by atoms with Gasteiger partial charge in [-0.1, -0.05) is 66.9 Å². The van der Waals surface area contributed by atoms with Crippen molar-refractivity contribution >= 4 is 5.78 Å². The van der Waals surface area contributed by atoms with Crippen LogP contribution in [-0.2, 0) is 12.8 Å². The lowest BCUT2D eigenvalue weighted by Crippen LogP contribution is -2.04. The molecule has 20 heavy (non-hydrogen) atoms. The van der Waals surface area contributed by atoms with Gasteiger partial charge in [0.05, 0.1) is 0 Å².